The summed E-state index contributed by atoms with van der Waals surface area (Å²) in [5.41, 5.74) is -2.27. The third kappa shape index (κ3) is 4.63. The quantitative estimate of drug-likeness (QED) is 0.472. The predicted molar refractivity (Wildman–Crippen MR) is 24.5 cm³/mol. The van der Waals surface area contributed by atoms with Crippen LogP contribution in [0.4, 0.5) is 26.3 Å². The van der Waals surface area contributed by atoms with Gasteiger partial charge in [0.1, 0.15) is 5.71 Å². The van der Waals surface area contributed by atoms with Crippen LogP contribution in [0.1, 0.15) is 6.42 Å². The SMILES string of the molecule is N=C(CC(F)(F)F)C(F)(F)F. The molecule has 0 aliphatic rings. The molecule has 0 rings (SSSR count). The van der Waals surface area contributed by atoms with E-state index in [2.05, 4.69) is 0 Å². The smallest absolute Gasteiger partial charge is 0.300 e. The Kier molecular flexibility index (Phi) is 2.52. The van der Waals surface area contributed by atoms with E-state index in [1.54, 1.807) is 0 Å². The molecule has 0 amide bonds. The molecule has 1 nitrogen and oxygen atoms in total. The van der Waals surface area contributed by atoms with Gasteiger partial charge in [0.05, 0.1) is 6.42 Å². The zero-order chi connectivity index (χ0) is 9.28. The fourth-order valence-corrected chi connectivity index (χ4v) is 0.301. The Morgan fingerprint density at radius 2 is 1.36 bits per heavy atom. The van der Waals surface area contributed by atoms with Crippen LogP contribution in [0.5, 0.6) is 0 Å². The molecule has 0 aromatic rings. The molecule has 1 N–H and O–H groups in total. The Hall–Kier alpha value is -0.750. The number of hydrogen-bond donors (Lipinski definition) is 1. The number of hydrogen-bond acceptors (Lipinski definition) is 1. The summed E-state index contributed by atoms with van der Waals surface area (Å²) in [5.74, 6) is 0. The molecule has 66 valence electrons. The highest BCUT2D eigenvalue weighted by Crippen LogP contribution is 2.26. The molecule has 0 heterocycles. The van der Waals surface area contributed by atoms with Crippen molar-refractivity contribution in [2.75, 3.05) is 0 Å². The average molecular weight is 179 g/mol. The minimum absolute atomic E-state index is 2.23. The topological polar surface area (TPSA) is 23.9 Å². The van der Waals surface area contributed by atoms with E-state index in [0.717, 1.165) is 0 Å². The summed E-state index contributed by atoms with van der Waals surface area (Å²) in [5, 5.41) is 5.95. The van der Waals surface area contributed by atoms with Crippen LogP contribution in [0.15, 0.2) is 0 Å². The Balaban J connectivity index is 4.11. The molecule has 0 saturated heterocycles. The third-order valence-corrected chi connectivity index (χ3v) is 0.719. The van der Waals surface area contributed by atoms with E-state index in [1.807, 2.05) is 0 Å². The van der Waals surface area contributed by atoms with Gasteiger partial charge in [0, 0.05) is 0 Å². The van der Waals surface area contributed by atoms with Crippen LogP contribution < -0.4 is 0 Å². The normalized spacial score (nSPS) is 13.3. The fraction of sp³-hybridized carbons (Fsp3) is 0.750. The second kappa shape index (κ2) is 2.71. The van der Waals surface area contributed by atoms with Crippen molar-refractivity contribution < 1.29 is 26.3 Å². The van der Waals surface area contributed by atoms with Gasteiger partial charge in [-0.2, -0.15) is 26.3 Å². The second-order valence-electron chi connectivity index (χ2n) is 1.77. The fourth-order valence-electron chi connectivity index (χ4n) is 0.301. The van der Waals surface area contributed by atoms with Gasteiger partial charge in [0.15, 0.2) is 0 Å². The summed E-state index contributed by atoms with van der Waals surface area (Å²) in [6.07, 6.45) is -12.4. The van der Waals surface area contributed by atoms with Gasteiger partial charge in [0.25, 0.3) is 0 Å². The van der Waals surface area contributed by atoms with Gasteiger partial charge in [-0.25, -0.2) is 0 Å². The summed E-state index contributed by atoms with van der Waals surface area (Å²) < 4.78 is 67.4. The van der Waals surface area contributed by atoms with Crippen LogP contribution in [0, 0.1) is 5.41 Å². The lowest BCUT2D eigenvalue weighted by Crippen LogP contribution is -2.27. The number of rotatable bonds is 1. The van der Waals surface area contributed by atoms with E-state index in [4.69, 9.17) is 5.41 Å². The van der Waals surface area contributed by atoms with E-state index in [-0.39, 0.29) is 0 Å². The largest absolute Gasteiger partial charge is 0.429 e. The third-order valence-electron chi connectivity index (χ3n) is 0.719. The minimum atomic E-state index is -5.17. The van der Waals surface area contributed by atoms with E-state index in [1.165, 1.54) is 0 Å². The van der Waals surface area contributed by atoms with Gasteiger partial charge >= 0.3 is 12.4 Å². The average Bonchev–Trinajstić information content (AvgIpc) is 1.56. The maximum Gasteiger partial charge on any atom is 0.429 e. The maximum atomic E-state index is 11.3. The van der Waals surface area contributed by atoms with Crippen LogP contribution >= 0.6 is 0 Å². The molecule has 11 heavy (non-hydrogen) atoms. The van der Waals surface area contributed by atoms with Gasteiger partial charge in [-0.05, 0) is 0 Å². The van der Waals surface area contributed by atoms with E-state index >= 15 is 0 Å². The van der Waals surface area contributed by atoms with Crippen molar-refractivity contribution in [2.24, 2.45) is 0 Å². The van der Waals surface area contributed by atoms with Crippen molar-refractivity contribution >= 4 is 5.71 Å². The minimum Gasteiger partial charge on any atom is -0.300 e. The standard InChI is InChI=1S/C4H3F6N/c5-3(6,7)1-2(11)4(8,9)10/h11H,1H2. The summed E-state index contributed by atoms with van der Waals surface area (Å²) >= 11 is 0. The Bertz CT molecular complexity index is 153. The van der Waals surface area contributed by atoms with Crippen LogP contribution in [0.2, 0.25) is 0 Å². The monoisotopic (exact) mass is 179 g/mol. The second-order valence-corrected chi connectivity index (χ2v) is 1.77. The van der Waals surface area contributed by atoms with Crippen molar-refractivity contribution in [3.05, 3.63) is 0 Å². The number of halogens is 6. The first-order valence-corrected chi connectivity index (χ1v) is 2.34. The van der Waals surface area contributed by atoms with Gasteiger partial charge < -0.3 is 5.41 Å². The Morgan fingerprint density at radius 3 is 1.45 bits per heavy atom. The summed E-state index contributed by atoms with van der Waals surface area (Å²) in [6, 6.07) is 0. The lowest BCUT2D eigenvalue weighted by atomic mass is 10.2. The molecule has 0 aliphatic carbocycles. The molecule has 0 aliphatic heterocycles. The van der Waals surface area contributed by atoms with Crippen molar-refractivity contribution in [3.8, 4) is 0 Å². The molecule has 0 bridgehead atoms. The van der Waals surface area contributed by atoms with Crippen LogP contribution in [0.3, 0.4) is 0 Å². The highest BCUT2D eigenvalue weighted by atomic mass is 19.4. The van der Waals surface area contributed by atoms with Crippen molar-refractivity contribution in [1.82, 2.24) is 0 Å². The van der Waals surface area contributed by atoms with E-state index in [9.17, 15) is 26.3 Å². The molecule has 0 radical (unpaired) electrons. The highest BCUT2D eigenvalue weighted by Gasteiger charge is 2.41. The van der Waals surface area contributed by atoms with E-state index < -0.39 is 24.5 Å². The number of alkyl halides is 6. The predicted octanol–water partition coefficient (Wildman–Crippen LogP) is 2.52. The first-order chi connectivity index (χ1) is 4.63. The maximum absolute atomic E-state index is 11.3. The molecule has 0 aromatic heterocycles. The van der Waals surface area contributed by atoms with Crippen LogP contribution in [0.25, 0.3) is 0 Å². The van der Waals surface area contributed by atoms with Gasteiger partial charge in [0.2, 0.25) is 0 Å². The molecule has 7 heteroatoms. The number of nitrogens with one attached hydrogen (secondary N) is 1. The summed E-state index contributed by atoms with van der Waals surface area (Å²) in [7, 11) is 0. The van der Waals surface area contributed by atoms with Gasteiger partial charge in [-0.15, -0.1) is 0 Å². The van der Waals surface area contributed by atoms with Crippen molar-refractivity contribution in [1.29, 1.82) is 5.41 Å². The van der Waals surface area contributed by atoms with Gasteiger partial charge in [-0.1, -0.05) is 0 Å². The zero-order valence-electron chi connectivity index (χ0n) is 4.97. The van der Waals surface area contributed by atoms with Crippen LogP contribution in [-0.2, 0) is 0 Å². The lowest BCUT2D eigenvalue weighted by Gasteiger charge is -2.09. The lowest BCUT2D eigenvalue weighted by molar-refractivity contribution is -0.131. The summed E-state index contributed by atoms with van der Waals surface area (Å²) in [6.45, 7) is 0. The molecule has 0 spiro atoms. The van der Waals surface area contributed by atoms with Crippen molar-refractivity contribution in [2.45, 2.75) is 18.8 Å². The molecular formula is C4H3F6N. The Labute approximate surface area is 57.5 Å². The molecule has 0 fully saturated rings. The Morgan fingerprint density at radius 1 is 1.00 bits per heavy atom. The first kappa shape index (κ1) is 10.2. The molecule has 0 aromatic carbocycles. The van der Waals surface area contributed by atoms with Gasteiger partial charge in [-0.3, -0.25) is 0 Å². The highest BCUT2D eigenvalue weighted by molar-refractivity contribution is 5.87. The van der Waals surface area contributed by atoms with E-state index in [0.29, 0.717) is 0 Å². The molecule has 0 saturated carbocycles. The van der Waals surface area contributed by atoms with Crippen molar-refractivity contribution in [3.63, 3.8) is 0 Å². The molecule has 0 atom stereocenters. The van der Waals surface area contributed by atoms with Crippen LogP contribution in [-0.4, -0.2) is 18.1 Å². The first-order valence-electron chi connectivity index (χ1n) is 2.34. The summed E-state index contributed by atoms with van der Waals surface area (Å²) in [4.78, 5) is 0. The zero-order valence-corrected chi connectivity index (χ0v) is 4.97. The molecular weight excluding hydrogens is 176 g/mol. The molecule has 0 unspecified atom stereocenters.